The van der Waals surface area contributed by atoms with Crippen LogP contribution in [0.3, 0.4) is 0 Å². The van der Waals surface area contributed by atoms with Crippen LogP contribution in [-0.2, 0) is 10.0 Å². The highest BCUT2D eigenvalue weighted by Crippen LogP contribution is 2.39. The zero-order valence-corrected chi connectivity index (χ0v) is 19.0. The molecule has 14 heteroatoms. The Balaban J connectivity index is 1.83. The van der Waals surface area contributed by atoms with Crippen LogP contribution in [0.15, 0.2) is 66.0 Å². The van der Waals surface area contributed by atoms with Crippen molar-refractivity contribution in [1.82, 2.24) is 19.9 Å². The number of alkyl halides is 3. The summed E-state index contributed by atoms with van der Waals surface area (Å²) in [7, 11) is -4.46. The van der Waals surface area contributed by atoms with Crippen LogP contribution in [0, 0.1) is 0 Å². The summed E-state index contributed by atoms with van der Waals surface area (Å²) in [5.74, 6) is -1.35. The zero-order chi connectivity index (χ0) is 24.5. The second kappa shape index (κ2) is 9.20. The molecule has 1 atom stereocenters. The maximum Gasteiger partial charge on any atom is 0.429 e. The lowest BCUT2D eigenvalue weighted by Gasteiger charge is -2.22. The van der Waals surface area contributed by atoms with E-state index in [1.54, 1.807) is 0 Å². The third kappa shape index (κ3) is 4.98. The Hall–Kier alpha value is -3.22. The number of halogens is 5. The normalized spacial score (nSPS) is 13.0. The maximum atomic E-state index is 13.9. The average Bonchev–Trinajstić information content (AvgIpc) is 2.78. The van der Waals surface area contributed by atoms with Gasteiger partial charge in [0.1, 0.15) is 10.4 Å². The standard InChI is InChI=1S/C20H12Cl2F3N5O3S/c21-12-5-1-7-14(15(12)22)34(31,32)30-18-19(28-13-6-3-9-27-17(13)29-18)33-16(20(23,24)25)11-4-2-8-26-10-11/h1-10,16H,(H,27,29,30). The van der Waals surface area contributed by atoms with E-state index in [1.165, 1.54) is 42.7 Å². The van der Waals surface area contributed by atoms with Gasteiger partial charge in [-0.3, -0.25) is 9.71 Å². The van der Waals surface area contributed by atoms with E-state index in [2.05, 4.69) is 24.7 Å². The fourth-order valence-corrected chi connectivity index (χ4v) is 4.63. The van der Waals surface area contributed by atoms with E-state index in [4.69, 9.17) is 27.9 Å². The number of sulfonamides is 1. The van der Waals surface area contributed by atoms with Crippen molar-refractivity contribution in [2.75, 3.05) is 4.72 Å². The van der Waals surface area contributed by atoms with E-state index in [0.717, 1.165) is 18.3 Å². The first-order valence-electron chi connectivity index (χ1n) is 9.29. The summed E-state index contributed by atoms with van der Waals surface area (Å²) in [5, 5.41) is -0.324. The highest BCUT2D eigenvalue weighted by Gasteiger charge is 2.44. The van der Waals surface area contributed by atoms with E-state index in [1.807, 2.05) is 0 Å². The lowest BCUT2D eigenvalue weighted by atomic mass is 10.1. The molecule has 34 heavy (non-hydrogen) atoms. The van der Waals surface area contributed by atoms with Gasteiger partial charge in [0, 0.05) is 24.2 Å². The number of aromatic nitrogens is 4. The van der Waals surface area contributed by atoms with E-state index >= 15 is 0 Å². The molecule has 1 unspecified atom stereocenters. The Labute approximate surface area is 200 Å². The van der Waals surface area contributed by atoms with Gasteiger partial charge in [0.05, 0.1) is 10.0 Å². The highest BCUT2D eigenvalue weighted by molar-refractivity contribution is 7.92. The molecule has 0 saturated carbocycles. The second-order valence-electron chi connectivity index (χ2n) is 6.71. The first kappa shape index (κ1) is 23.9. The molecule has 0 aliphatic carbocycles. The van der Waals surface area contributed by atoms with Gasteiger partial charge in [-0.2, -0.15) is 13.2 Å². The van der Waals surface area contributed by atoms with Crippen molar-refractivity contribution in [2.45, 2.75) is 17.2 Å². The summed E-state index contributed by atoms with van der Waals surface area (Å²) in [4.78, 5) is 15.3. The third-order valence-electron chi connectivity index (χ3n) is 4.36. The van der Waals surface area contributed by atoms with Crippen molar-refractivity contribution < 1.29 is 26.3 Å². The molecule has 3 aromatic heterocycles. The topological polar surface area (TPSA) is 107 Å². The molecule has 3 heterocycles. The van der Waals surface area contributed by atoms with Crippen molar-refractivity contribution in [3.63, 3.8) is 0 Å². The number of rotatable bonds is 6. The molecule has 0 aliphatic heterocycles. The molecule has 0 radical (unpaired) electrons. The van der Waals surface area contributed by atoms with Crippen LogP contribution in [0.4, 0.5) is 19.0 Å². The smallest absolute Gasteiger partial charge is 0.429 e. The predicted molar refractivity (Wildman–Crippen MR) is 118 cm³/mol. The van der Waals surface area contributed by atoms with Crippen LogP contribution >= 0.6 is 23.2 Å². The fourth-order valence-electron chi connectivity index (χ4n) is 2.87. The Morgan fingerprint density at radius 3 is 2.47 bits per heavy atom. The van der Waals surface area contributed by atoms with Crippen molar-refractivity contribution >= 4 is 50.2 Å². The van der Waals surface area contributed by atoms with Crippen LogP contribution < -0.4 is 9.46 Å². The van der Waals surface area contributed by atoms with Gasteiger partial charge >= 0.3 is 6.18 Å². The van der Waals surface area contributed by atoms with Gasteiger partial charge in [-0.1, -0.05) is 35.3 Å². The summed E-state index contributed by atoms with van der Waals surface area (Å²) in [6.45, 7) is 0. The number of anilines is 1. The van der Waals surface area contributed by atoms with Gasteiger partial charge in [-0.05, 0) is 30.3 Å². The van der Waals surface area contributed by atoms with Gasteiger partial charge in [0.25, 0.3) is 15.9 Å². The van der Waals surface area contributed by atoms with Crippen molar-refractivity contribution in [3.05, 3.63) is 76.7 Å². The van der Waals surface area contributed by atoms with Gasteiger partial charge in [-0.15, -0.1) is 0 Å². The molecule has 0 aliphatic rings. The summed E-state index contributed by atoms with van der Waals surface area (Å²) >= 11 is 11.9. The van der Waals surface area contributed by atoms with Crippen LogP contribution in [0.25, 0.3) is 11.2 Å². The molecule has 0 spiro atoms. The quantitative estimate of drug-likeness (QED) is 0.365. The van der Waals surface area contributed by atoms with Gasteiger partial charge in [0.15, 0.2) is 5.65 Å². The Kier molecular flexibility index (Phi) is 6.47. The summed E-state index contributed by atoms with van der Waals surface area (Å²) in [6, 6.07) is 9.27. The molecule has 8 nitrogen and oxygen atoms in total. The first-order chi connectivity index (χ1) is 16.1. The minimum atomic E-state index is -4.89. The van der Waals surface area contributed by atoms with Crippen LogP contribution in [0.5, 0.6) is 5.88 Å². The van der Waals surface area contributed by atoms with Crippen molar-refractivity contribution in [2.24, 2.45) is 0 Å². The molecule has 1 N–H and O–H groups in total. The average molecular weight is 530 g/mol. The highest BCUT2D eigenvalue weighted by atomic mass is 35.5. The lowest BCUT2D eigenvalue weighted by Crippen LogP contribution is -2.27. The molecule has 176 valence electrons. The third-order valence-corrected chi connectivity index (χ3v) is 6.67. The predicted octanol–water partition coefficient (Wildman–Crippen LogP) is 5.21. The molecular formula is C20H12Cl2F3N5O3S. The van der Waals surface area contributed by atoms with Gasteiger partial charge < -0.3 is 4.74 Å². The van der Waals surface area contributed by atoms with Crippen molar-refractivity contribution in [1.29, 1.82) is 0 Å². The number of nitrogens with one attached hydrogen (secondary N) is 1. The van der Waals surface area contributed by atoms with Gasteiger partial charge in [0.2, 0.25) is 11.9 Å². The lowest BCUT2D eigenvalue weighted by molar-refractivity contribution is -0.198. The number of hydrogen-bond acceptors (Lipinski definition) is 7. The van der Waals surface area contributed by atoms with E-state index in [0.29, 0.717) is 0 Å². The Morgan fingerprint density at radius 2 is 1.76 bits per heavy atom. The van der Waals surface area contributed by atoms with E-state index in [9.17, 15) is 21.6 Å². The summed E-state index contributed by atoms with van der Waals surface area (Å²) < 4.78 is 74.8. The Morgan fingerprint density at radius 1 is 1.00 bits per heavy atom. The van der Waals surface area contributed by atoms with Crippen LogP contribution in [0.2, 0.25) is 10.0 Å². The van der Waals surface area contributed by atoms with Crippen molar-refractivity contribution in [3.8, 4) is 5.88 Å². The minimum absolute atomic E-state index is 0.0327. The van der Waals surface area contributed by atoms with Crippen LogP contribution in [-0.4, -0.2) is 34.5 Å². The Bertz CT molecular complexity index is 1460. The van der Waals surface area contributed by atoms with Gasteiger partial charge in [-0.25, -0.2) is 23.4 Å². The number of fused-ring (bicyclic) bond motifs is 1. The number of hydrogen-bond donors (Lipinski definition) is 1. The SMILES string of the molecule is O=S(=O)(Nc1nc2ncccc2nc1OC(c1cccnc1)C(F)(F)F)c1cccc(Cl)c1Cl. The van der Waals surface area contributed by atoms with E-state index < -0.39 is 38.9 Å². The maximum absolute atomic E-state index is 13.9. The second-order valence-corrected chi connectivity index (χ2v) is 9.14. The number of nitrogens with zero attached hydrogens (tertiary/aromatic N) is 4. The molecule has 0 saturated heterocycles. The monoisotopic (exact) mass is 529 g/mol. The molecule has 4 rings (SSSR count). The molecule has 0 bridgehead atoms. The van der Waals surface area contributed by atoms with Crippen LogP contribution in [0.1, 0.15) is 11.7 Å². The minimum Gasteiger partial charge on any atom is -0.457 e. The number of pyridine rings is 2. The first-order valence-corrected chi connectivity index (χ1v) is 11.5. The largest absolute Gasteiger partial charge is 0.457 e. The molecule has 1 aromatic carbocycles. The number of ether oxygens (including phenoxy) is 1. The molecule has 0 amide bonds. The molecule has 4 aromatic rings. The summed E-state index contributed by atoms with van der Waals surface area (Å²) in [6.07, 6.45) is -3.77. The van der Waals surface area contributed by atoms with E-state index in [-0.39, 0.29) is 26.8 Å². The molecular weight excluding hydrogens is 518 g/mol. The summed E-state index contributed by atoms with van der Waals surface area (Å²) in [5.41, 5.74) is -0.280. The number of benzene rings is 1. The zero-order valence-electron chi connectivity index (χ0n) is 16.7. The fraction of sp³-hybridized carbons (Fsp3) is 0.100. The molecule has 0 fully saturated rings.